The topological polar surface area (TPSA) is 66.6 Å². The van der Waals surface area contributed by atoms with Gasteiger partial charge < -0.3 is 15.7 Å². The summed E-state index contributed by atoms with van der Waals surface area (Å²) in [6.07, 6.45) is 0.443. The molecular weight excluding hydrogens is 260 g/mol. The first kappa shape index (κ1) is 13.7. The highest BCUT2D eigenvalue weighted by atomic mass is 35.5. The van der Waals surface area contributed by atoms with Gasteiger partial charge in [0.25, 0.3) is 5.91 Å². The van der Waals surface area contributed by atoms with Crippen LogP contribution in [0.4, 0.5) is 0 Å². The Bertz CT molecular complexity index is 451. The lowest BCUT2D eigenvalue weighted by Crippen LogP contribution is -2.30. The van der Waals surface area contributed by atoms with E-state index < -0.39 is 0 Å². The molecule has 17 heavy (non-hydrogen) atoms. The second kappa shape index (κ2) is 5.84. The maximum Gasteiger partial charge on any atom is 0.257 e. The molecule has 0 spiro atoms. The number of carbonyl (C=O) groups excluding carboxylic acids is 1. The Labute approximate surface area is 110 Å². The van der Waals surface area contributed by atoms with Crippen molar-refractivity contribution in [3.63, 3.8) is 0 Å². The van der Waals surface area contributed by atoms with Crippen molar-refractivity contribution in [3.05, 3.63) is 28.8 Å². The number of nitrogens with zero attached hydrogens (tertiary/aromatic N) is 1. The number of nitrogens with two attached hydrogens (primary N) is 1. The Balaban J connectivity index is 2.81. The summed E-state index contributed by atoms with van der Waals surface area (Å²) in [6.45, 7) is 0.403. The highest BCUT2D eigenvalue weighted by Gasteiger charge is 2.16. The van der Waals surface area contributed by atoms with Crippen LogP contribution in [0.25, 0.3) is 0 Å². The summed E-state index contributed by atoms with van der Waals surface area (Å²) in [4.78, 5) is 13.7. The van der Waals surface area contributed by atoms with Crippen molar-refractivity contribution < 1.29 is 9.90 Å². The molecule has 0 aliphatic heterocycles. The maximum absolute atomic E-state index is 12.0. The highest BCUT2D eigenvalue weighted by Crippen LogP contribution is 2.22. The van der Waals surface area contributed by atoms with Gasteiger partial charge in [-0.2, -0.15) is 0 Å². The molecule has 1 aromatic rings. The van der Waals surface area contributed by atoms with Crippen LogP contribution in [-0.4, -0.2) is 34.5 Å². The molecule has 0 aliphatic rings. The summed E-state index contributed by atoms with van der Waals surface area (Å²) < 4.78 is 0. The molecule has 0 bridgehead atoms. The molecule has 0 radical (unpaired) electrons. The normalized spacial score (nSPS) is 10.0. The van der Waals surface area contributed by atoms with Crippen LogP contribution in [0.2, 0.25) is 5.02 Å². The van der Waals surface area contributed by atoms with Crippen molar-refractivity contribution >= 4 is 34.7 Å². The minimum Gasteiger partial charge on any atom is -0.507 e. The fourth-order valence-electron chi connectivity index (χ4n) is 1.26. The number of aromatic hydroxyl groups is 1. The smallest absolute Gasteiger partial charge is 0.257 e. The molecule has 0 aromatic heterocycles. The quantitative estimate of drug-likeness (QED) is 0.820. The predicted molar refractivity (Wildman–Crippen MR) is 71.5 cm³/mol. The molecule has 0 atom stereocenters. The largest absolute Gasteiger partial charge is 0.507 e. The molecule has 4 nitrogen and oxygen atoms in total. The first-order valence-corrected chi connectivity index (χ1v) is 5.72. The highest BCUT2D eigenvalue weighted by molar-refractivity contribution is 7.80. The number of phenols is 1. The lowest BCUT2D eigenvalue weighted by Gasteiger charge is -2.17. The van der Waals surface area contributed by atoms with Gasteiger partial charge in [0.05, 0.1) is 10.6 Å². The fourth-order valence-corrected chi connectivity index (χ4v) is 1.53. The van der Waals surface area contributed by atoms with Crippen molar-refractivity contribution in [3.8, 4) is 5.75 Å². The average molecular weight is 273 g/mol. The molecule has 0 fully saturated rings. The van der Waals surface area contributed by atoms with Gasteiger partial charge in [0.15, 0.2) is 0 Å². The Hall–Kier alpha value is -1.33. The SMILES string of the molecule is CN(CCC(N)=S)C(=O)c1cc(Cl)ccc1O. The van der Waals surface area contributed by atoms with Crippen molar-refractivity contribution in [2.45, 2.75) is 6.42 Å². The molecule has 0 saturated carbocycles. The van der Waals surface area contributed by atoms with E-state index >= 15 is 0 Å². The van der Waals surface area contributed by atoms with Crippen LogP contribution in [0.5, 0.6) is 5.75 Å². The molecular formula is C11H13ClN2O2S. The lowest BCUT2D eigenvalue weighted by atomic mass is 10.1. The average Bonchev–Trinajstić information content (AvgIpc) is 2.28. The number of amides is 1. The van der Waals surface area contributed by atoms with Gasteiger partial charge in [-0.05, 0) is 18.2 Å². The number of halogens is 1. The molecule has 92 valence electrons. The monoisotopic (exact) mass is 272 g/mol. The first-order chi connectivity index (χ1) is 7.91. The number of hydrogen-bond acceptors (Lipinski definition) is 3. The predicted octanol–water partition coefficient (Wildman–Crippen LogP) is 1.79. The summed E-state index contributed by atoms with van der Waals surface area (Å²) in [6, 6.07) is 4.33. The van der Waals surface area contributed by atoms with Crippen LogP contribution < -0.4 is 5.73 Å². The van der Waals surface area contributed by atoms with Crippen LogP contribution in [-0.2, 0) is 0 Å². The summed E-state index contributed by atoms with van der Waals surface area (Å²) >= 11 is 10.5. The van der Waals surface area contributed by atoms with Crippen LogP contribution in [0.15, 0.2) is 18.2 Å². The molecule has 0 aliphatic carbocycles. The zero-order chi connectivity index (χ0) is 13.0. The van der Waals surface area contributed by atoms with E-state index in [2.05, 4.69) is 0 Å². The van der Waals surface area contributed by atoms with Crippen molar-refractivity contribution in [1.29, 1.82) is 0 Å². The van der Waals surface area contributed by atoms with Crippen LogP contribution in [0.1, 0.15) is 16.8 Å². The number of phenolic OH excluding ortho intramolecular Hbond substituents is 1. The Morgan fingerprint density at radius 1 is 1.59 bits per heavy atom. The van der Waals surface area contributed by atoms with Crippen molar-refractivity contribution in [2.24, 2.45) is 5.73 Å². The molecule has 3 N–H and O–H groups in total. The van der Waals surface area contributed by atoms with Crippen molar-refractivity contribution in [2.75, 3.05) is 13.6 Å². The maximum atomic E-state index is 12.0. The fraction of sp³-hybridized carbons (Fsp3) is 0.273. The third kappa shape index (κ3) is 3.87. The van der Waals surface area contributed by atoms with Gasteiger partial charge in [0, 0.05) is 25.0 Å². The van der Waals surface area contributed by atoms with Gasteiger partial charge in [-0.3, -0.25) is 4.79 Å². The van der Waals surface area contributed by atoms with Gasteiger partial charge >= 0.3 is 0 Å². The summed E-state index contributed by atoms with van der Waals surface area (Å²) in [5, 5.41) is 9.97. The lowest BCUT2D eigenvalue weighted by molar-refractivity contribution is 0.0796. The number of hydrogen-bond donors (Lipinski definition) is 2. The Morgan fingerprint density at radius 3 is 2.82 bits per heavy atom. The van der Waals surface area contributed by atoms with Crippen LogP contribution in [0, 0.1) is 0 Å². The molecule has 0 saturated heterocycles. The summed E-state index contributed by atoms with van der Waals surface area (Å²) in [7, 11) is 1.61. The van der Waals surface area contributed by atoms with Crippen LogP contribution in [0.3, 0.4) is 0 Å². The van der Waals surface area contributed by atoms with Gasteiger partial charge in [-0.25, -0.2) is 0 Å². The second-order valence-electron chi connectivity index (χ2n) is 3.60. The molecule has 1 aromatic carbocycles. The molecule has 0 heterocycles. The van der Waals surface area contributed by atoms with Crippen LogP contribution >= 0.6 is 23.8 Å². The first-order valence-electron chi connectivity index (χ1n) is 4.94. The third-order valence-electron chi connectivity index (χ3n) is 2.23. The van der Waals surface area contributed by atoms with Gasteiger partial charge in [0.1, 0.15) is 5.75 Å². The number of carbonyl (C=O) groups is 1. The summed E-state index contributed by atoms with van der Waals surface area (Å²) in [5.41, 5.74) is 5.53. The number of thiocarbonyl (C=S) groups is 1. The van der Waals surface area contributed by atoms with Crippen molar-refractivity contribution in [1.82, 2.24) is 4.90 Å². The minimum atomic E-state index is -0.318. The summed E-state index contributed by atoms with van der Waals surface area (Å²) in [5.74, 6) is -0.414. The van der Waals surface area contributed by atoms with E-state index in [0.29, 0.717) is 23.0 Å². The minimum absolute atomic E-state index is 0.0958. The Kier molecular flexibility index (Phi) is 4.72. The molecule has 0 unspecified atom stereocenters. The van der Waals surface area contributed by atoms with E-state index in [4.69, 9.17) is 29.6 Å². The zero-order valence-electron chi connectivity index (χ0n) is 9.31. The van der Waals surface area contributed by atoms with E-state index in [1.54, 1.807) is 7.05 Å². The van der Waals surface area contributed by atoms with Gasteiger partial charge in [-0.1, -0.05) is 23.8 Å². The van der Waals surface area contributed by atoms with E-state index in [9.17, 15) is 9.90 Å². The third-order valence-corrected chi connectivity index (χ3v) is 2.67. The van der Waals surface area contributed by atoms with E-state index in [1.165, 1.54) is 23.1 Å². The Morgan fingerprint density at radius 2 is 2.24 bits per heavy atom. The number of benzene rings is 1. The molecule has 1 amide bonds. The second-order valence-corrected chi connectivity index (χ2v) is 4.57. The molecule has 6 heteroatoms. The van der Waals surface area contributed by atoms with E-state index in [-0.39, 0.29) is 17.2 Å². The van der Waals surface area contributed by atoms with E-state index in [1.807, 2.05) is 0 Å². The zero-order valence-corrected chi connectivity index (χ0v) is 10.9. The van der Waals surface area contributed by atoms with Gasteiger partial charge in [-0.15, -0.1) is 0 Å². The van der Waals surface area contributed by atoms with E-state index in [0.717, 1.165) is 0 Å². The standard InChI is InChI=1S/C11H13ClN2O2S/c1-14(5-4-10(13)17)11(16)8-6-7(12)2-3-9(8)15/h2-3,6,15H,4-5H2,1H3,(H2,13,17). The molecule has 1 rings (SSSR count). The number of rotatable bonds is 4. The van der Waals surface area contributed by atoms with Gasteiger partial charge in [0.2, 0.25) is 0 Å².